The first-order valence-corrected chi connectivity index (χ1v) is 9.69. The molecule has 1 aliphatic rings. The lowest BCUT2D eigenvalue weighted by molar-refractivity contribution is -0.146. The van der Waals surface area contributed by atoms with Gasteiger partial charge in [-0.2, -0.15) is 0 Å². The van der Waals surface area contributed by atoms with Gasteiger partial charge in [0, 0.05) is 5.66 Å². The van der Waals surface area contributed by atoms with E-state index >= 15 is 0 Å². The van der Waals surface area contributed by atoms with Crippen molar-refractivity contribution in [3.63, 3.8) is 0 Å². The summed E-state index contributed by atoms with van der Waals surface area (Å²) in [5.41, 5.74) is 0.371. The van der Waals surface area contributed by atoms with Gasteiger partial charge in [0.25, 0.3) is 0 Å². The van der Waals surface area contributed by atoms with Gasteiger partial charge in [-0.1, -0.05) is 73.5 Å². The van der Waals surface area contributed by atoms with Gasteiger partial charge in [-0.25, -0.2) is 0 Å². The van der Waals surface area contributed by atoms with Gasteiger partial charge in [-0.3, -0.25) is 4.79 Å². The van der Waals surface area contributed by atoms with Crippen LogP contribution >= 0.6 is 7.92 Å². The molecule has 0 amide bonds. The molecular formula is C20H23O2P. The first kappa shape index (κ1) is 16.2. The summed E-state index contributed by atoms with van der Waals surface area (Å²) in [5.74, 6) is -0.00524. The molecule has 1 fully saturated rings. The van der Waals surface area contributed by atoms with Crippen LogP contribution in [0.4, 0.5) is 0 Å². The van der Waals surface area contributed by atoms with Crippen molar-refractivity contribution in [3.8, 4) is 0 Å². The van der Waals surface area contributed by atoms with E-state index in [0.29, 0.717) is 5.66 Å². The van der Waals surface area contributed by atoms with Crippen LogP contribution in [0, 0.1) is 5.92 Å². The maximum atomic E-state index is 12.3. The summed E-state index contributed by atoms with van der Waals surface area (Å²) in [5, 5.41) is 2.71. The van der Waals surface area contributed by atoms with Crippen LogP contribution in [0.5, 0.6) is 0 Å². The summed E-state index contributed by atoms with van der Waals surface area (Å²) in [6.45, 7) is 0. The summed E-state index contributed by atoms with van der Waals surface area (Å²) in [7, 11) is 0.968. The highest BCUT2D eigenvalue weighted by Crippen LogP contribution is 2.49. The van der Waals surface area contributed by atoms with Crippen LogP contribution in [0.25, 0.3) is 0 Å². The molecule has 0 bridgehead atoms. The number of hydrogen-bond donors (Lipinski definition) is 0. The number of ether oxygens (including phenoxy) is 1. The number of methoxy groups -OCH3 is 1. The average molecular weight is 326 g/mol. The van der Waals surface area contributed by atoms with Crippen molar-refractivity contribution < 1.29 is 9.53 Å². The second kappa shape index (κ2) is 7.75. The van der Waals surface area contributed by atoms with Gasteiger partial charge in [-0.05, 0) is 31.4 Å². The molecule has 3 heteroatoms. The molecule has 0 saturated heterocycles. The Balaban J connectivity index is 2.02. The summed E-state index contributed by atoms with van der Waals surface area (Å²) >= 11 is 0. The SMILES string of the molecule is COC(=O)C1CCCCC1P(c1ccccc1)c1ccccc1. The van der Waals surface area contributed by atoms with E-state index in [0.717, 1.165) is 19.3 Å². The minimum absolute atomic E-state index is 0.0280. The van der Waals surface area contributed by atoms with E-state index in [2.05, 4.69) is 60.7 Å². The third-order valence-corrected chi connectivity index (χ3v) is 7.62. The first-order valence-electron chi connectivity index (χ1n) is 8.28. The molecule has 2 unspecified atom stereocenters. The zero-order valence-electron chi connectivity index (χ0n) is 13.5. The standard InChI is InChI=1S/C20H23O2P/c1-22-20(21)18-14-8-9-15-19(18)23(16-10-4-2-5-11-16)17-12-6-3-7-13-17/h2-7,10-13,18-19H,8-9,14-15H2,1H3. The van der Waals surface area contributed by atoms with Gasteiger partial charge >= 0.3 is 5.97 Å². The van der Waals surface area contributed by atoms with Gasteiger partial charge in [0.1, 0.15) is 0 Å². The Kier molecular flexibility index (Phi) is 5.46. The fourth-order valence-electron chi connectivity index (χ4n) is 3.56. The highest BCUT2D eigenvalue weighted by atomic mass is 31.1. The zero-order chi connectivity index (χ0) is 16.1. The smallest absolute Gasteiger partial charge is 0.309 e. The first-order chi connectivity index (χ1) is 11.3. The van der Waals surface area contributed by atoms with Crippen LogP contribution in [0.3, 0.4) is 0 Å². The van der Waals surface area contributed by atoms with Crippen molar-refractivity contribution >= 4 is 24.5 Å². The molecule has 2 atom stereocenters. The second-order valence-electron chi connectivity index (χ2n) is 6.02. The quantitative estimate of drug-likeness (QED) is 0.630. The maximum absolute atomic E-state index is 12.3. The summed E-state index contributed by atoms with van der Waals surface area (Å²) in [6, 6.07) is 21.4. The molecule has 0 N–H and O–H groups in total. The van der Waals surface area contributed by atoms with Crippen molar-refractivity contribution in [1.29, 1.82) is 0 Å². The van der Waals surface area contributed by atoms with Crippen molar-refractivity contribution in [1.82, 2.24) is 0 Å². The minimum atomic E-state index is -0.547. The molecule has 3 rings (SSSR count). The zero-order valence-corrected chi connectivity index (χ0v) is 14.4. The van der Waals surface area contributed by atoms with E-state index in [1.807, 2.05) is 0 Å². The molecule has 2 aromatic carbocycles. The van der Waals surface area contributed by atoms with Gasteiger partial charge in [0.15, 0.2) is 0 Å². The largest absolute Gasteiger partial charge is 0.469 e. The molecule has 1 saturated carbocycles. The lowest BCUT2D eigenvalue weighted by Crippen LogP contribution is -2.35. The van der Waals surface area contributed by atoms with Crippen molar-refractivity contribution in [2.45, 2.75) is 31.3 Å². The van der Waals surface area contributed by atoms with Gasteiger partial charge in [0.2, 0.25) is 0 Å². The predicted octanol–water partition coefficient (Wildman–Crippen LogP) is 3.85. The Bertz CT molecular complexity index is 587. The highest BCUT2D eigenvalue weighted by Gasteiger charge is 2.38. The summed E-state index contributed by atoms with van der Waals surface area (Å²) in [4.78, 5) is 12.3. The highest BCUT2D eigenvalue weighted by molar-refractivity contribution is 7.73. The predicted molar refractivity (Wildman–Crippen MR) is 96.8 cm³/mol. The molecule has 0 aromatic heterocycles. The Morgan fingerprint density at radius 2 is 1.43 bits per heavy atom. The lowest BCUT2D eigenvalue weighted by atomic mass is 9.89. The molecule has 2 aromatic rings. The number of benzene rings is 2. The van der Waals surface area contributed by atoms with Gasteiger partial charge < -0.3 is 4.74 Å². The van der Waals surface area contributed by atoms with E-state index in [1.165, 1.54) is 24.1 Å². The summed E-state index contributed by atoms with van der Waals surface area (Å²) < 4.78 is 5.11. The lowest BCUT2D eigenvalue weighted by Gasteiger charge is -2.36. The molecule has 0 spiro atoms. The second-order valence-corrected chi connectivity index (χ2v) is 8.46. The fourth-order valence-corrected chi connectivity index (χ4v) is 6.68. The van der Waals surface area contributed by atoms with Crippen molar-refractivity contribution in [2.75, 3.05) is 7.11 Å². The fraction of sp³-hybridized carbons (Fsp3) is 0.350. The Morgan fingerprint density at radius 1 is 0.913 bits per heavy atom. The van der Waals surface area contributed by atoms with E-state index < -0.39 is 7.92 Å². The van der Waals surface area contributed by atoms with Crippen molar-refractivity contribution in [2.24, 2.45) is 5.92 Å². The summed E-state index contributed by atoms with van der Waals surface area (Å²) in [6.07, 6.45) is 4.39. The molecule has 0 aliphatic heterocycles. The molecule has 2 nitrogen and oxygen atoms in total. The van der Waals surface area contributed by atoms with Gasteiger partial charge in [-0.15, -0.1) is 0 Å². The number of rotatable bonds is 4. The van der Waals surface area contributed by atoms with Crippen LogP contribution < -0.4 is 10.6 Å². The maximum Gasteiger partial charge on any atom is 0.309 e. The monoisotopic (exact) mass is 326 g/mol. The number of hydrogen-bond acceptors (Lipinski definition) is 2. The van der Waals surface area contributed by atoms with E-state index in [-0.39, 0.29) is 11.9 Å². The third-order valence-electron chi connectivity index (χ3n) is 4.63. The van der Waals surface area contributed by atoms with E-state index in [4.69, 9.17) is 4.74 Å². The van der Waals surface area contributed by atoms with Gasteiger partial charge in [0.05, 0.1) is 13.0 Å². The number of carbonyl (C=O) groups is 1. The van der Waals surface area contributed by atoms with Crippen LogP contribution in [0.2, 0.25) is 0 Å². The molecule has 0 radical (unpaired) electrons. The Hall–Kier alpha value is -1.66. The molecule has 120 valence electrons. The average Bonchev–Trinajstić information content (AvgIpc) is 2.63. The minimum Gasteiger partial charge on any atom is -0.469 e. The molecular weight excluding hydrogens is 303 g/mol. The normalized spacial score (nSPS) is 21.1. The molecule has 23 heavy (non-hydrogen) atoms. The van der Waals surface area contributed by atoms with E-state index in [1.54, 1.807) is 0 Å². The topological polar surface area (TPSA) is 26.3 Å². The molecule has 1 aliphatic carbocycles. The molecule has 0 heterocycles. The van der Waals surface area contributed by atoms with Crippen LogP contribution in [0.15, 0.2) is 60.7 Å². The number of carbonyl (C=O) groups excluding carboxylic acids is 1. The van der Waals surface area contributed by atoms with Crippen LogP contribution in [-0.2, 0) is 9.53 Å². The van der Waals surface area contributed by atoms with Crippen LogP contribution in [-0.4, -0.2) is 18.7 Å². The Morgan fingerprint density at radius 3 is 1.96 bits per heavy atom. The van der Waals surface area contributed by atoms with Crippen LogP contribution in [0.1, 0.15) is 25.7 Å². The van der Waals surface area contributed by atoms with Crippen molar-refractivity contribution in [3.05, 3.63) is 60.7 Å². The Labute approximate surface area is 139 Å². The number of esters is 1. The third kappa shape index (κ3) is 3.64. The van der Waals surface area contributed by atoms with E-state index in [9.17, 15) is 4.79 Å².